The largest absolute Gasteiger partial charge is 0.470 e. The predicted molar refractivity (Wildman–Crippen MR) is 66.8 cm³/mol. The van der Waals surface area contributed by atoms with Crippen molar-refractivity contribution in [2.24, 2.45) is 11.8 Å². The Balaban J connectivity index is 1.59. The number of fused-ring (bicyclic) bond motifs is 1. The zero-order chi connectivity index (χ0) is 16.3. The van der Waals surface area contributed by atoms with Gasteiger partial charge in [-0.15, -0.1) is 10.2 Å². The van der Waals surface area contributed by atoms with Gasteiger partial charge in [-0.1, -0.05) is 0 Å². The highest BCUT2D eigenvalue weighted by atomic mass is 19.4. The van der Waals surface area contributed by atoms with Crippen molar-refractivity contribution in [3.63, 3.8) is 0 Å². The van der Waals surface area contributed by atoms with Crippen molar-refractivity contribution in [1.82, 2.24) is 15.1 Å². The molecule has 3 atom stereocenters. The van der Waals surface area contributed by atoms with Crippen molar-refractivity contribution in [3.05, 3.63) is 11.8 Å². The fourth-order valence-electron chi connectivity index (χ4n) is 2.85. The van der Waals surface area contributed by atoms with Gasteiger partial charge in [0.25, 0.3) is 0 Å². The first kappa shape index (κ1) is 15.1. The number of carbonyl (C=O) groups is 1. The van der Waals surface area contributed by atoms with Gasteiger partial charge in [0.15, 0.2) is 0 Å². The summed E-state index contributed by atoms with van der Waals surface area (Å²) in [6.07, 6.45) is -5.03. The second-order valence-corrected chi connectivity index (χ2v) is 6.68. The highest BCUT2D eigenvalue weighted by molar-refractivity contribution is 5.69. The lowest BCUT2D eigenvalue weighted by molar-refractivity contribution is -0.157. The first-order valence-electron chi connectivity index (χ1n) is 6.95. The summed E-state index contributed by atoms with van der Waals surface area (Å²) >= 11 is 0. The Morgan fingerprint density at radius 3 is 2.27 bits per heavy atom. The molecule has 1 aliphatic heterocycles. The summed E-state index contributed by atoms with van der Waals surface area (Å²) in [5.74, 6) is -1.38. The van der Waals surface area contributed by atoms with Gasteiger partial charge in [0.05, 0.1) is 0 Å². The molecule has 1 aliphatic carbocycles. The van der Waals surface area contributed by atoms with Crippen molar-refractivity contribution >= 4 is 6.09 Å². The van der Waals surface area contributed by atoms with Crippen LogP contribution < -0.4 is 0 Å². The summed E-state index contributed by atoms with van der Waals surface area (Å²) in [5, 5.41) is 6.52. The van der Waals surface area contributed by atoms with Crippen LogP contribution in [0, 0.1) is 11.8 Å². The number of carbonyl (C=O) groups excluding carboxylic acids is 1. The Morgan fingerprint density at radius 1 is 1.23 bits per heavy atom. The highest BCUT2D eigenvalue weighted by Crippen LogP contribution is 2.58. The van der Waals surface area contributed by atoms with Crippen molar-refractivity contribution < 1.29 is 27.1 Å². The second kappa shape index (κ2) is 4.60. The summed E-state index contributed by atoms with van der Waals surface area (Å²) in [7, 11) is 0. The number of amides is 1. The van der Waals surface area contributed by atoms with E-state index in [-0.39, 0.29) is 23.6 Å². The molecule has 2 heterocycles. The van der Waals surface area contributed by atoms with Crippen LogP contribution in [-0.4, -0.2) is 39.9 Å². The van der Waals surface area contributed by atoms with Crippen LogP contribution in [0.5, 0.6) is 0 Å². The third-order valence-corrected chi connectivity index (χ3v) is 3.81. The van der Waals surface area contributed by atoms with Crippen molar-refractivity contribution in [1.29, 1.82) is 0 Å². The molecule has 0 N–H and O–H groups in total. The number of likely N-dealkylation sites (tertiary alicyclic amines) is 1. The fraction of sp³-hybridized carbons (Fsp3) is 0.769. The topological polar surface area (TPSA) is 68.5 Å². The summed E-state index contributed by atoms with van der Waals surface area (Å²) in [6.45, 7) is 6.22. The number of nitrogens with zero attached hydrogens (tertiary/aromatic N) is 3. The lowest BCUT2D eigenvalue weighted by Gasteiger charge is -2.25. The van der Waals surface area contributed by atoms with E-state index in [1.165, 1.54) is 0 Å². The zero-order valence-corrected chi connectivity index (χ0v) is 12.3. The maximum Gasteiger partial charge on any atom is 0.470 e. The Hall–Kier alpha value is -1.80. The Bertz CT molecular complexity index is 581. The smallest absolute Gasteiger partial charge is 0.444 e. The number of rotatable bonds is 1. The van der Waals surface area contributed by atoms with Crippen LogP contribution in [0.3, 0.4) is 0 Å². The average Bonchev–Trinajstić information content (AvgIpc) is 2.81. The number of piperidine rings is 1. The lowest BCUT2D eigenvalue weighted by atomic mass is 10.2. The van der Waals surface area contributed by atoms with Crippen molar-refractivity contribution in [2.45, 2.75) is 38.5 Å². The Labute approximate surface area is 124 Å². The number of hydrogen-bond donors (Lipinski definition) is 0. The summed E-state index contributed by atoms with van der Waals surface area (Å²) < 4.78 is 47.3. The van der Waals surface area contributed by atoms with Gasteiger partial charge in [0.1, 0.15) is 5.60 Å². The Morgan fingerprint density at radius 2 is 1.82 bits per heavy atom. The number of aromatic nitrogens is 2. The number of alkyl halides is 3. The molecule has 0 bridgehead atoms. The van der Waals surface area contributed by atoms with E-state index in [1.54, 1.807) is 25.7 Å². The van der Waals surface area contributed by atoms with E-state index in [1.807, 2.05) is 0 Å². The molecule has 2 fully saturated rings. The van der Waals surface area contributed by atoms with Gasteiger partial charge < -0.3 is 14.1 Å². The minimum Gasteiger partial charge on any atom is -0.444 e. The molecule has 122 valence electrons. The molecule has 3 rings (SSSR count). The van der Waals surface area contributed by atoms with Gasteiger partial charge in [-0.2, -0.15) is 13.2 Å². The molecule has 1 saturated heterocycles. The quantitative estimate of drug-likeness (QED) is 0.796. The van der Waals surface area contributed by atoms with E-state index in [4.69, 9.17) is 9.15 Å². The van der Waals surface area contributed by atoms with E-state index in [9.17, 15) is 18.0 Å². The van der Waals surface area contributed by atoms with Crippen LogP contribution in [-0.2, 0) is 10.9 Å². The van der Waals surface area contributed by atoms with Crippen LogP contribution in [0.2, 0.25) is 0 Å². The first-order chi connectivity index (χ1) is 10.1. The molecule has 0 aromatic carbocycles. The molecule has 1 saturated carbocycles. The third-order valence-electron chi connectivity index (χ3n) is 3.81. The summed E-state index contributed by atoms with van der Waals surface area (Å²) in [5.41, 5.74) is -0.572. The molecule has 22 heavy (non-hydrogen) atoms. The zero-order valence-electron chi connectivity index (χ0n) is 12.3. The molecule has 0 spiro atoms. The van der Waals surface area contributed by atoms with Gasteiger partial charge in [-0.05, 0) is 32.6 Å². The minimum atomic E-state index is -4.63. The standard InChI is InChI=1S/C13H16F3N3O3/c1-12(2,3)22-11(20)19-4-6-7(5-19)8(6)9-17-18-10(21-9)13(14,15)16/h6-8H,4-5H2,1-3H3/t6-,7?,8?/m0/s1. The molecule has 2 unspecified atom stereocenters. The van der Waals surface area contributed by atoms with Gasteiger partial charge in [-0.3, -0.25) is 0 Å². The van der Waals surface area contributed by atoms with Crippen molar-refractivity contribution in [3.8, 4) is 0 Å². The SMILES string of the molecule is CC(C)(C)OC(=O)N1CC2C(c3nnc(C(F)(F)F)o3)[C@H]2C1. The van der Waals surface area contributed by atoms with Crippen LogP contribution in [0.4, 0.5) is 18.0 Å². The van der Waals surface area contributed by atoms with Crippen LogP contribution in [0.25, 0.3) is 0 Å². The number of ether oxygens (including phenoxy) is 1. The molecule has 9 heteroatoms. The fourth-order valence-corrected chi connectivity index (χ4v) is 2.85. The normalized spacial score (nSPS) is 27.7. The Kier molecular flexibility index (Phi) is 3.16. The molecule has 0 radical (unpaired) electrons. The minimum absolute atomic E-state index is 0.00571. The van der Waals surface area contributed by atoms with E-state index in [0.29, 0.717) is 13.1 Å². The van der Waals surface area contributed by atoms with E-state index in [0.717, 1.165) is 0 Å². The van der Waals surface area contributed by atoms with Gasteiger partial charge in [0, 0.05) is 19.0 Å². The molecule has 1 aromatic heterocycles. The van der Waals surface area contributed by atoms with E-state index < -0.39 is 23.8 Å². The number of halogens is 3. The molecular formula is C13H16F3N3O3. The third kappa shape index (κ3) is 2.76. The number of hydrogen-bond acceptors (Lipinski definition) is 5. The predicted octanol–water partition coefficient (Wildman–Crippen LogP) is 2.67. The molecule has 1 amide bonds. The highest BCUT2D eigenvalue weighted by Gasteiger charge is 2.60. The maximum absolute atomic E-state index is 12.4. The first-order valence-corrected chi connectivity index (χ1v) is 6.95. The van der Waals surface area contributed by atoms with E-state index in [2.05, 4.69) is 10.2 Å². The van der Waals surface area contributed by atoms with E-state index >= 15 is 0 Å². The van der Waals surface area contributed by atoms with Crippen LogP contribution in [0.1, 0.15) is 38.5 Å². The van der Waals surface area contributed by atoms with Crippen LogP contribution in [0.15, 0.2) is 4.42 Å². The molecule has 1 aromatic rings. The monoisotopic (exact) mass is 319 g/mol. The summed E-state index contributed by atoms with van der Waals surface area (Å²) in [4.78, 5) is 13.5. The second-order valence-electron chi connectivity index (χ2n) is 6.68. The summed E-state index contributed by atoms with van der Waals surface area (Å²) in [6, 6.07) is 0. The lowest BCUT2D eigenvalue weighted by Crippen LogP contribution is -2.36. The van der Waals surface area contributed by atoms with Gasteiger partial charge in [0.2, 0.25) is 5.89 Å². The molecule has 6 nitrogen and oxygen atoms in total. The van der Waals surface area contributed by atoms with Crippen LogP contribution >= 0.6 is 0 Å². The maximum atomic E-state index is 12.4. The van der Waals surface area contributed by atoms with Gasteiger partial charge >= 0.3 is 18.2 Å². The molecule has 2 aliphatic rings. The van der Waals surface area contributed by atoms with Crippen molar-refractivity contribution in [2.75, 3.05) is 13.1 Å². The van der Waals surface area contributed by atoms with Gasteiger partial charge in [-0.25, -0.2) is 4.79 Å². The average molecular weight is 319 g/mol. The molecular weight excluding hydrogens is 303 g/mol.